The largest absolute Gasteiger partial charge is 0.508 e. The van der Waals surface area contributed by atoms with E-state index >= 15 is 0 Å². The average Bonchev–Trinajstić information content (AvgIpc) is 2.61. The number of nitro benzene ring substituents is 1. The molecule has 0 aromatic heterocycles. The maximum atomic E-state index is 10.9. The van der Waals surface area contributed by atoms with Crippen LogP contribution in [0.5, 0.6) is 11.5 Å². The molecule has 1 atom stereocenters. The fraction of sp³-hybridized carbons (Fsp3) is 0.0526. The van der Waals surface area contributed by atoms with Crippen LogP contribution in [0.2, 0.25) is 0 Å². The Morgan fingerprint density at radius 1 is 0.920 bits per heavy atom. The van der Waals surface area contributed by atoms with Crippen molar-refractivity contribution in [3.63, 3.8) is 0 Å². The van der Waals surface area contributed by atoms with Crippen molar-refractivity contribution in [2.45, 2.75) is 10.1 Å². The molecule has 0 aliphatic rings. The molecule has 0 aliphatic carbocycles. The lowest BCUT2D eigenvalue weighted by Crippen LogP contribution is -1.98. The predicted molar refractivity (Wildman–Crippen MR) is 97.0 cm³/mol. The zero-order valence-electron chi connectivity index (χ0n) is 13.1. The number of non-ortho nitro benzene ring substituents is 1. The zero-order valence-corrected chi connectivity index (χ0v) is 13.9. The van der Waals surface area contributed by atoms with Gasteiger partial charge in [0.05, 0.1) is 10.2 Å². The monoisotopic (exact) mass is 353 g/mol. The van der Waals surface area contributed by atoms with E-state index in [4.69, 9.17) is 0 Å². The van der Waals surface area contributed by atoms with Gasteiger partial charge in [0.2, 0.25) is 0 Å². The van der Waals surface area contributed by atoms with Crippen molar-refractivity contribution < 1.29 is 15.1 Å². The molecule has 0 radical (unpaired) electrons. The molecule has 6 heteroatoms. The first-order valence-electron chi connectivity index (χ1n) is 7.52. The van der Waals surface area contributed by atoms with Crippen LogP contribution in [0.1, 0.15) is 16.4 Å². The van der Waals surface area contributed by atoms with Gasteiger partial charge in [-0.2, -0.15) is 0 Å². The second kappa shape index (κ2) is 7.27. The molecule has 0 fully saturated rings. The van der Waals surface area contributed by atoms with Gasteiger partial charge in [-0.15, -0.1) is 11.8 Å². The Bertz CT molecular complexity index is 882. The van der Waals surface area contributed by atoms with Gasteiger partial charge in [0.1, 0.15) is 11.5 Å². The SMILES string of the molecule is O=[N+]([O-])c1ccc(C(Sc2ccccc2)c2ccc(O)cc2O)cc1. The number of thioether (sulfide) groups is 1. The van der Waals surface area contributed by atoms with Gasteiger partial charge < -0.3 is 10.2 Å². The van der Waals surface area contributed by atoms with Gasteiger partial charge in [0, 0.05) is 28.7 Å². The molecule has 0 saturated heterocycles. The number of nitrogens with zero attached hydrogens (tertiary/aromatic N) is 1. The lowest BCUT2D eigenvalue weighted by Gasteiger charge is -2.19. The number of benzene rings is 3. The molecule has 25 heavy (non-hydrogen) atoms. The minimum absolute atomic E-state index is 0.0159. The molecule has 3 aromatic rings. The standard InChI is InChI=1S/C19H15NO4S/c21-15-10-11-17(18(22)12-15)19(25-16-4-2-1-3-5-16)13-6-8-14(9-7-13)20(23)24/h1-12,19,21-22H. The Balaban J connectivity index is 2.03. The highest BCUT2D eigenvalue weighted by atomic mass is 32.2. The lowest BCUT2D eigenvalue weighted by molar-refractivity contribution is -0.384. The first-order valence-corrected chi connectivity index (χ1v) is 8.40. The maximum Gasteiger partial charge on any atom is 0.269 e. The molecular formula is C19H15NO4S. The number of hydrogen-bond acceptors (Lipinski definition) is 5. The van der Waals surface area contributed by atoms with Crippen LogP contribution < -0.4 is 0 Å². The van der Waals surface area contributed by atoms with E-state index in [0.29, 0.717) is 5.56 Å². The summed E-state index contributed by atoms with van der Waals surface area (Å²) in [6.07, 6.45) is 0. The Morgan fingerprint density at radius 3 is 2.20 bits per heavy atom. The topological polar surface area (TPSA) is 83.6 Å². The molecule has 3 rings (SSSR count). The van der Waals surface area contributed by atoms with Crippen LogP contribution in [0.15, 0.2) is 77.7 Å². The molecule has 2 N–H and O–H groups in total. The van der Waals surface area contributed by atoms with Crippen LogP contribution in [0.25, 0.3) is 0 Å². The third-order valence-electron chi connectivity index (χ3n) is 3.70. The molecular weight excluding hydrogens is 338 g/mol. The van der Waals surface area contributed by atoms with Crippen molar-refractivity contribution in [2.75, 3.05) is 0 Å². The normalized spacial score (nSPS) is 11.8. The summed E-state index contributed by atoms with van der Waals surface area (Å²) in [6, 6.07) is 20.4. The van der Waals surface area contributed by atoms with Crippen LogP contribution in [-0.2, 0) is 0 Å². The van der Waals surface area contributed by atoms with Gasteiger partial charge in [0.25, 0.3) is 5.69 Å². The third-order valence-corrected chi connectivity index (χ3v) is 5.01. The minimum atomic E-state index is -0.443. The Kier molecular flexibility index (Phi) is 4.90. The quantitative estimate of drug-likeness (QED) is 0.388. The van der Waals surface area contributed by atoms with Gasteiger partial charge in [-0.1, -0.05) is 36.4 Å². The van der Waals surface area contributed by atoms with Crippen molar-refractivity contribution in [1.82, 2.24) is 0 Å². The fourth-order valence-electron chi connectivity index (χ4n) is 2.47. The van der Waals surface area contributed by atoms with E-state index in [2.05, 4.69) is 0 Å². The highest BCUT2D eigenvalue weighted by Crippen LogP contribution is 2.44. The van der Waals surface area contributed by atoms with Crippen molar-refractivity contribution >= 4 is 17.4 Å². The Morgan fingerprint density at radius 2 is 1.60 bits per heavy atom. The summed E-state index contributed by atoms with van der Waals surface area (Å²) >= 11 is 1.52. The smallest absolute Gasteiger partial charge is 0.269 e. The predicted octanol–water partition coefficient (Wildman–Crippen LogP) is 4.89. The van der Waals surface area contributed by atoms with Crippen LogP contribution in [0.3, 0.4) is 0 Å². The second-order valence-electron chi connectivity index (χ2n) is 5.40. The minimum Gasteiger partial charge on any atom is -0.508 e. The summed E-state index contributed by atoms with van der Waals surface area (Å²) in [5.74, 6) is -0.0415. The summed E-state index contributed by atoms with van der Waals surface area (Å²) in [5, 5.41) is 30.4. The van der Waals surface area contributed by atoms with Gasteiger partial charge in [-0.3, -0.25) is 10.1 Å². The van der Waals surface area contributed by atoms with E-state index in [9.17, 15) is 20.3 Å². The van der Waals surface area contributed by atoms with Crippen LogP contribution in [0.4, 0.5) is 5.69 Å². The first-order chi connectivity index (χ1) is 12.0. The second-order valence-corrected chi connectivity index (χ2v) is 6.58. The summed E-state index contributed by atoms with van der Waals surface area (Å²) in [7, 11) is 0. The molecule has 0 amide bonds. The van der Waals surface area contributed by atoms with E-state index in [1.54, 1.807) is 18.2 Å². The van der Waals surface area contributed by atoms with E-state index in [0.717, 1.165) is 10.5 Å². The molecule has 126 valence electrons. The number of aromatic hydroxyl groups is 2. The molecule has 3 aromatic carbocycles. The third kappa shape index (κ3) is 3.92. The first kappa shape index (κ1) is 16.9. The van der Waals surface area contributed by atoms with Crippen molar-refractivity contribution in [3.8, 4) is 11.5 Å². The van der Waals surface area contributed by atoms with Crippen molar-refractivity contribution in [2.24, 2.45) is 0 Å². The van der Waals surface area contributed by atoms with E-state index < -0.39 is 4.92 Å². The molecule has 0 spiro atoms. The highest BCUT2D eigenvalue weighted by molar-refractivity contribution is 7.99. The van der Waals surface area contributed by atoms with Gasteiger partial charge in [0.15, 0.2) is 0 Å². The number of rotatable bonds is 5. The van der Waals surface area contributed by atoms with Crippen LogP contribution >= 0.6 is 11.8 Å². The Labute approximate surface area is 148 Å². The summed E-state index contributed by atoms with van der Waals surface area (Å²) in [4.78, 5) is 11.4. The molecule has 1 unspecified atom stereocenters. The van der Waals surface area contributed by atoms with E-state index in [1.165, 1.54) is 36.0 Å². The lowest BCUT2D eigenvalue weighted by atomic mass is 10.0. The van der Waals surface area contributed by atoms with Crippen molar-refractivity contribution in [1.29, 1.82) is 0 Å². The molecule has 0 aliphatic heterocycles. The molecule has 0 saturated carbocycles. The van der Waals surface area contributed by atoms with Crippen molar-refractivity contribution in [3.05, 3.63) is 94.0 Å². The molecule has 5 nitrogen and oxygen atoms in total. The van der Waals surface area contributed by atoms with E-state index in [1.807, 2.05) is 30.3 Å². The summed E-state index contributed by atoms with van der Waals surface area (Å²) in [6.45, 7) is 0. The number of phenols is 2. The number of phenolic OH excluding ortho intramolecular Hbond substituents is 2. The van der Waals surface area contributed by atoms with Crippen LogP contribution in [0, 0.1) is 10.1 Å². The zero-order chi connectivity index (χ0) is 17.8. The van der Waals surface area contributed by atoms with Gasteiger partial charge in [-0.25, -0.2) is 0 Å². The average molecular weight is 353 g/mol. The van der Waals surface area contributed by atoms with Gasteiger partial charge >= 0.3 is 0 Å². The maximum absolute atomic E-state index is 10.9. The fourth-order valence-corrected chi connectivity index (χ4v) is 3.68. The van der Waals surface area contributed by atoms with E-state index in [-0.39, 0.29) is 22.4 Å². The summed E-state index contributed by atoms with van der Waals surface area (Å²) < 4.78 is 0. The van der Waals surface area contributed by atoms with Gasteiger partial charge in [-0.05, 0) is 23.8 Å². The summed E-state index contributed by atoms with van der Waals surface area (Å²) in [5.41, 5.74) is 1.46. The van der Waals surface area contributed by atoms with Crippen LogP contribution in [-0.4, -0.2) is 15.1 Å². The Hall–Kier alpha value is -2.99. The number of hydrogen-bond donors (Lipinski definition) is 2. The molecule has 0 heterocycles. The molecule has 0 bridgehead atoms. The highest BCUT2D eigenvalue weighted by Gasteiger charge is 2.20. The number of nitro groups is 1.